The fourth-order valence-corrected chi connectivity index (χ4v) is 4.61. The molecular weight excluding hydrogens is 426 g/mol. The third-order valence-corrected chi connectivity index (χ3v) is 6.41. The highest BCUT2D eigenvalue weighted by Crippen LogP contribution is 2.49. The zero-order chi connectivity index (χ0) is 23.3. The SMILES string of the molecule is COc1ncccc1-c1c(C(=O)O)n(Cc2ccc(F)cc2F)c2ccc([C@H]3C[C@H]3C)cc12. The molecule has 1 saturated carbocycles. The Morgan fingerprint density at radius 1 is 1.21 bits per heavy atom. The Balaban J connectivity index is 1.81. The fourth-order valence-electron chi connectivity index (χ4n) is 4.61. The van der Waals surface area contributed by atoms with Gasteiger partial charge in [-0.25, -0.2) is 18.6 Å². The van der Waals surface area contributed by atoms with Crippen LogP contribution in [0, 0.1) is 17.6 Å². The summed E-state index contributed by atoms with van der Waals surface area (Å²) in [7, 11) is 1.48. The van der Waals surface area contributed by atoms with Gasteiger partial charge in [0.2, 0.25) is 5.88 Å². The van der Waals surface area contributed by atoms with Crippen LogP contribution >= 0.6 is 0 Å². The first kappa shape index (κ1) is 21.1. The highest BCUT2D eigenvalue weighted by molar-refractivity contribution is 6.09. The van der Waals surface area contributed by atoms with Crippen LogP contribution in [0.5, 0.6) is 5.88 Å². The minimum absolute atomic E-state index is 0.000945. The van der Waals surface area contributed by atoms with E-state index in [1.807, 2.05) is 18.2 Å². The maximum Gasteiger partial charge on any atom is 0.353 e. The normalized spacial score (nSPS) is 17.3. The maximum atomic E-state index is 14.5. The van der Waals surface area contributed by atoms with E-state index >= 15 is 0 Å². The van der Waals surface area contributed by atoms with Crippen LogP contribution in [0.15, 0.2) is 54.7 Å². The third-order valence-electron chi connectivity index (χ3n) is 6.41. The Morgan fingerprint density at radius 2 is 2.00 bits per heavy atom. The van der Waals surface area contributed by atoms with Crippen molar-refractivity contribution in [1.29, 1.82) is 0 Å². The van der Waals surface area contributed by atoms with E-state index in [-0.39, 0.29) is 17.8 Å². The number of rotatable bonds is 6. The highest BCUT2D eigenvalue weighted by atomic mass is 19.1. The van der Waals surface area contributed by atoms with Crippen molar-refractivity contribution < 1.29 is 23.4 Å². The van der Waals surface area contributed by atoms with Gasteiger partial charge in [0.05, 0.1) is 13.7 Å². The Labute approximate surface area is 189 Å². The smallest absolute Gasteiger partial charge is 0.353 e. The van der Waals surface area contributed by atoms with Crippen LogP contribution < -0.4 is 4.74 Å². The molecule has 1 aliphatic carbocycles. The maximum absolute atomic E-state index is 14.5. The second-order valence-corrected chi connectivity index (χ2v) is 8.51. The van der Waals surface area contributed by atoms with Crippen molar-refractivity contribution in [2.24, 2.45) is 5.92 Å². The van der Waals surface area contributed by atoms with E-state index in [0.717, 1.165) is 23.4 Å². The monoisotopic (exact) mass is 448 g/mol. The number of ether oxygens (including phenoxy) is 1. The predicted molar refractivity (Wildman–Crippen MR) is 121 cm³/mol. The molecule has 0 unspecified atom stereocenters. The number of hydrogen-bond acceptors (Lipinski definition) is 3. The zero-order valence-corrected chi connectivity index (χ0v) is 18.2. The van der Waals surface area contributed by atoms with Crippen LogP contribution in [-0.2, 0) is 6.54 Å². The van der Waals surface area contributed by atoms with Crippen LogP contribution in [0.25, 0.3) is 22.0 Å². The summed E-state index contributed by atoms with van der Waals surface area (Å²) < 4.78 is 35.0. The van der Waals surface area contributed by atoms with Crippen LogP contribution in [0.1, 0.15) is 40.9 Å². The molecule has 7 heteroatoms. The number of benzene rings is 2. The van der Waals surface area contributed by atoms with Crippen LogP contribution in [0.2, 0.25) is 0 Å². The van der Waals surface area contributed by atoms with Crippen molar-refractivity contribution in [3.05, 3.63) is 83.2 Å². The van der Waals surface area contributed by atoms with Crippen LogP contribution in [-0.4, -0.2) is 27.7 Å². The minimum Gasteiger partial charge on any atom is -0.481 e. The molecule has 0 saturated heterocycles. The summed E-state index contributed by atoms with van der Waals surface area (Å²) >= 11 is 0. The molecule has 2 atom stereocenters. The number of aromatic nitrogens is 2. The molecule has 2 heterocycles. The number of hydrogen-bond donors (Lipinski definition) is 1. The number of pyridine rings is 1. The van der Waals surface area contributed by atoms with E-state index in [1.165, 1.54) is 19.2 Å². The number of aromatic carboxylic acids is 1. The van der Waals surface area contributed by atoms with Gasteiger partial charge in [0.1, 0.15) is 17.3 Å². The Hall–Kier alpha value is -3.74. The molecule has 0 spiro atoms. The number of fused-ring (bicyclic) bond motifs is 1. The molecule has 1 fully saturated rings. The van der Waals surface area contributed by atoms with Gasteiger partial charge in [0.15, 0.2) is 0 Å². The summed E-state index contributed by atoms with van der Waals surface area (Å²) in [6, 6.07) is 12.7. The summed E-state index contributed by atoms with van der Waals surface area (Å²) in [5.41, 5.74) is 3.00. The minimum atomic E-state index is -1.16. The largest absolute Gasteiger partial charge is 0.481 e. The van der Waals surface area contributed by atoms with Crippen LogP contribution in [0.4, 0.5) is 8.78 Å². The second-order valence-electron chi connectivity index (χ2n) is 8.51. The number of nitrogens with zero attached hydrogens (tertiary/aromatic N) is 2. The molecule has 4 aromatic rings. The lowest BCUT2D eigenvalue weighted by molar-refractivity contribution is 0.0687. The predicted octanol–water partition coefficient (Wildman–Crippen LogP) is 5.86. The molecule has 1 N–H and O–H groups in total. The van der Waals surface area contributed by atoms with Gasteiger partial charge >= 0.3 is 5.97 Å². The van der Waals surface area contributed by atoms with E-state index in [4.69, 9.17) is 4.74 Å². The molecule has 0 radical (unpaired) electrons. The number of carboxylic acids is 1. The van der Waals surface area contributed by atoms with Crippen molar-refractivity contribution in [1.82, 2.24) is 9.55 Å². The standard InChI is InChI=1S/C26H22F2N2O3/c1-14-10-19(14)15-6-8-22-20(11-15)23(18-4-3-9-29-25(18)33-2)24(26(31)32)30(22)13-16-5-7-17(27)12-21(16)28/h3-9,11-12,14,19H,10,13H2,1-2H3,(H,31,32)/t14-,19+/m1/s1. The number of halogens is 2. The van der Waals surface area contributed by atoms with Crippen molar-refractivity contribution >= 4 is 16.9 Å². The molecule has 168 valence electrons. The molecule has 0 amide bonds. The first-order chi connectivity index (χ1) is 15.9. The van der Waals surface area contributed by atoms with Gasteiger partial charge in [0.25, 0.3) is 0 Å². The Kier molecular flexibility index (Phi) is 5.12. The number of methoxy groups -OCH3 is 1. The fraction of sp³-hybridized carbons (Fsp3) is 0.231. The van der Waals surface area contributed by atoms with Gasteiger partial charge in [-0.05, 0) is 54.2 Å². The van der Waals surface area contributed by atoms with Gasteiger partial charge < -0.3 is 14.4 Å². The summed E-state index contributed by atoms with van der Waals surface area (Å²) in [6.45, 7) is 2.12. The quantitative estimate of drug-likeness (QED) is 0.401. The third kappa shape index (κ3) is 3.63. The average molecular weight is 448 g/mol. The summed E-state index contributed by atoms with van der Waals surface area (Å²) in [4.78, 5) is 16.8. The lowest BCUT2D eigenvalue weighted by Crippen LogP contribution is -2.11. The molecular formula is C26H22F2N2O3. The van der Waals surface area contributed by atoms with Crippen molar-refractivity contribution in [2.45, 2.75) is 25.8 Å². The van der Waals surface area contributed by atoms with Gasteiger partial charge in [-0.1, -0.05) is 19.1 Å². The lowest BCUT2D eigenvalue weighted by atomic mass is 9.99. The summed E-state index contributed by atoms with van der Waals surface area (Å²) in [5.74, 6) is -1.25. The molecule has 2 aromatic carbocycles. The Morgan fingerprint density at radius 3 is 2.67 bits per heavy atom. The van der Waals surface area contributed by atoms with E-state index < -0.39 is 17.6 Å². The molecule has 0 bridgehead atoms. The molecule has 5 nitrogen and oxygen atoms in total. The van der Waals surface area contributed by atoms with Gasteiger partial charge in [-0.15, -0.1) is 0 Å². The molecule has 5 rings (SSSR count). The van der Waals surface area contributed by atoms with E-state index in [9.17, 15) is 18.7 Å². The first-order valence-corrected chi connectivity index (χ1v) is 10.7. The number of carboxylic acid groups (broad SMARTS) is 1. The van der Waals surface area contributed by atoms with Crippen molar-refractivity contribution in [2.75, 3.05) is 7.11 Å². The van der Waals surface area contributed by atoms with E-state index in [1.54, 1.807) is 22.9 Å². The Bertz CT molecular complexity index is 1400. The molecule has 1 aliphatic rings. The van der Waals surface area contributed by atoms with Crippen LogP contribution in [0.3, 0.4) is 0 Å². The van der Waals surface area contributed by atoms with E-state index in [0.29, 0.717) is 34.4 Å². The number of carbonyl (C=O) groups is 1. The second kappa shape index (κ2) is 7.99. The first-order valence-electron chi connectivity index (χ1n) is 10.7. The summed E-state index contributed by atoms with van der Waals surface area (Å²) in [6.07, 6.45) is 2.66. The van der Waals surface area contributed by atoms with Gasteiger partial charge in [-0.3, -0.25) is 0 Å². The van der Waals surface area contributed by atoms with Crippen molar-refractivity contribution in [3.63, 3.8) is 0 Å². The van der Waals surface area contributed by atoms with E-state index in [2.05, 4.69) is 11.9 Å². The highest BCUT2D eigenvalue weighted by Gasteiger charge is 2.35. The lowest BCUT2D eigenvalue weighted by Gasteiger charge is -2.11. The van der Waals surface area contributed by atoms with Crippen molar-refractivity contribution in [3.8, 4) is 17.0 Å². The molecule has 33 heavy (non-hydrogen) atoms. The van der Waals surface area contributed by atoms with Gasteiger partial charge in [0, 0.05) is 39.9 Å². The van der Waals surface area contributed by atoms with Gasteiger partial charge in [-0.2, -0.15) is 0 Å². The topological polar surface area (TPSA) is 64.3 Å². The summed E-state index contributed by atoms with van der Waals surface area (Å²) in [5, 5.41) is 11.0. The molecule has 0 aliphatic heterocycles. The average Bonchev–Trinajstić information content (AvgIpc) is 3.44. The zero-order valence-electron chi connectivity index (χ0n) is 18.2. The molecule has 2 aromatic heterocycles.